The molecule has 0 aliphatic carbocycles. The summed E-state index contributed by atoms with van der Waals surface area (Å²) in [5.41, 5.74) is 6.43. The van der Waals surface area contributed by atoms with Crippen LogP contribution in [0.25, 0.3) is 22.4 Å². The monoisotopic (exact) mass is 375 g/mol. The van der Waals surface area contributed by atoms with E-state index in [1.54, 1.807) is 0 Å². The normalized spacial score (nSPS) is 10.9. The molecule has 27 heavy (non-hydrogen) atoms. The first kappa shape index (κ1) is 20.7. The second-order valence-electron chi connectivity index (χ2n) is 6.15. The van der Waals surface area contributed by atoms with Crippen LogP contribution in [-0.2, 0) is 6.54 Å². The predicted octanol–water partition coefficient (Wildman–Crippen LogP) is 6.33. The average Bonchev–Trinajstić information content (AvgIpc) is 2.63. The minimum atomic E-state index is -6.00. The zero-order valence-electron chi connectivity index (χ0n) is 15.4. The Labute approximate surface area is 157 Å². The zero-order valence-corrected chi connectivity index (χ0v) is 15.4. The molecule has 0 radical (unpaired) electrons. The molecule has 0 aliphatic heterocycles. The van der Waals surface area contributed by atoms with Crippen molar-refractivity contribution in [3.05, 3.63) is 78.5 Å². The van der Waals surface area contributed by atoms with E-state index in [0.29, 0.717) is 0 Å². The largest absolute Gasteiger partial charge is 0.673 e. The second kappa shape index (κ2) is 9.35. The highest BCUT2D eigenvalue weighted by Crippen LogP contribution is 2.25. The molecule has 0 saturated heterocycles. The molecule has 1 aromatic heterocycles. The van der Waals surface area contributed by atoms with Gasteiger partial charge in [0.05, 0.1) is 0 Å². The highest BCUT2D eigenvalue weighted by atomic mass is 19.5. The predicted molar refractivity (Wildman–Crippen MR) is 103 cm³/mol. The van der Waals surface area contributed by atoms with Gasteiger partial charge in [-0.15, -0.1) is 0 Å². The Balaban J connectivity index is 0.000000465. The van der Waals surface area contributed by atoms with Gasteiger partial charge in [0.1, 0.15) is 6.54 Å². The van der Waals surface area contributed by atoms with E-state index in [1.807, 2.05) is 0 Å². The summed E-state index contributed by atoms with van der Waals surface area (Å²) in [4.78, 5) is 0. The Morgan fingerprint density at radius 3 is 1.70 bits per heavy atom. The van der Waals surface area contributed by atoms with E-state index in [-0.39, 0.29) is 0 Å². The lowest BCUT2D eigenvalue weighted by molar-refractivity contribution is -0.692. The molecule has 3 rings (SSSR count). The molecule has 1 nitrogen and oxygen atoms in total. The summed E-state index contributed by atoms with van der Waals surface area (Å²) in [6.45, 7) is 5.48. The van der Waals surface area contributed by atoms with Crippen molar-refractivity contribution in [3.63, 3.8) is 0 Å². The number of benzene rings is 2. The first-order chi connectivity index (χ1) is 12.8. The fourth-order valence-electron chi connectivity index (χ4n) is 2.93. The molecule has 0 aliphatic rings. The van der Waals surface area contributed by atoms with E-state index < -0.39 is 7.25 Å². The van der Waals surface area contributed by atoms with Crippen molar-refractivity contribution in [3.8, 4) is 22.4 Å². The van der Waals surface area contributed by atoms with Gasteiger partial charge in [-0.05, 0) is 23.3 Å². The van der Waals surface area contributed by atoms with Gasteiger partial charge in [0, 0.05) is 31.0 Å². The molecule has 0 saturated carbocycles. The number of hydrogen-bond acceptors (Lipinski definition) is 0. The Morgan fingerprint density at radius 1 is 0.741 bits per heavy atom. The molecule has 0 N–H and O–H groups in total. The second-order valence-corrected chi connectivity index (χ2v) is 6.15. The Bertz CT molecular complexity index is 843. The summed E-state index contributed by atoms with van der Waals surface area (Å²) in [7, 11) is -6.00. The van der Waals surface area contributed by atoms with Gasteiger partial charge in [-0.25, -0.2) is 0 Å². The van der Waals surface area contributed by atoms with Gasteiger partial charge in [-0.2, -0.15) is 4.57 Å². The maximum atomic E-state index is 9.75. The standard InChI is InChI=1S/C21H22N.BF4/c1-3-14-22-17(2)15-20(18-10-6-4-7-11-18)16-21(22)19-12-8-5-9-13-19;2-1(3,4)5/h4-13,15-16H,3,14H2,1-2H3;/q+1;-1. The van der Waals surface area contributed by atoms with E-state index in [0.717, 1.165) is 13.0 Å². The van der Waals surface area contributed by atoms with Crippen LogP contribution < -0.4 is 4.57 Å². The maximum absolute atomic E-state index is 9.75. The van der Waals surface area contributed by atoms with Crippen molar-refractivity contribution in [2.75, 3.05) is 0 Å². The number of pyridine rings is 1. The van der Waals surface area contributed by atoms with E-state index in [9.17, 15) is 17.3 Å². The van der Waals surface area contributed by atoms with Gasteiger partial charge in [0.15, 0.2) is 5.69 Å². The van der Waals surface area contributed by atoms with E-state index in [1.165, 1.54) is 28.1 Å². The van der Waals surface area contributed by atoms with Crippen LogP contribution in [-0.4, -0.2) is 7.25 Å². The van der Waals surface area contributed by atoms with Crippen LogP contribution in [0, 0.1) is 6.92 Å². The number of halogens is 4. The molecule has 0 fully saturated rings. The minimum Gasteiger partial charge on any atom is -0.418 e. The molecule has 0 atom stereocenters. The van der Waals surface area contributed by atoms with Gasteiger partial charge in [-0.3, -0.25) is 0 Å². The summed E-state index contributed by atoms with van der Waals surface area (Å²) in [6, 6.07) is 25.9. The molecule has 2 aromatic carbocycles. The van der Waals surface area contributed by atoms with Crippen molar-refractivity contribution < 1.29 is 21.8 Å². The molecule has 142 valence electrons. The van der Waals surface area contributed by atoms with E-state index in [4.69, 9.17) is 0 Å². The summed E-state index contributed by atoms with van der Waals surface area (Å²) in [5, 5.41) is 0. The SMILES string of the molecule is CCC[n+]1c(C)cc(-c2ccccc2)cc1-c1ccccc1.F[B-](F)(F)F. The third-order valence-corrected chi connectivity index (χ3v) is 4.00. The number of nitrogens with zero attached hydrogens (tertiary/aromatic N) is 1. The fourth-order valence-corrected chi connectivity index (χ4v) is 2.93. The third kappa shape index (κ3) is 6.55. The highest BCUT2D eigenvalue weighted by molar-refractivity contribution is 6.50. The van der Waals surface area contributed by atoms with Gasteiger partial charge >= 0.3 is 7.25 Å². The first-order valence-corrected chi connectivity index (χ1v) is 8.82. The van der Waals surface area contributed by atoms with Crippen LogP contribution in [0.1, 0.15) is 19.0 Å². The van der Waals surface area contributed by atoms with Crippen LogP contribution in [0.4, 0.5) is 17.3 Å². The molecule has 1 heterocycles. The molecular formula is C21H22BF4N. The van der Waals surface area contributed by atoms with Gasteiger partial charge < -0.3 is 17.3 Å². The first-order valence-electron chi connectivity index (χ1n) is 8.82. The molecule has 0 unspecified atom stereocenters. The van der Waals surface area contributed by atoms with Gasteiger partial charge in [0.2, 0.25) is 5.69 Å². The van der Waals surface area contributed by atoms with Crippen LogP contribution in [0.2, 0.25) is 0 Å². The Morgan fingerprint density at radius 2 is 1.22 bits per heavy atom. The lowest BCUT2D eigenvalue weighted by Crippen LogP contribution is -2.39. The topological polar surface area (TPSA) is 3.88 Å². The zero-order chi connectivity index (χ0) is 19.9. The Kier molecular flexibility index (Phi) is 7.16. The number of aromatic nitrogens is 1. The van der Waals surface area contributed by atoms with Crippen LogP contribution >= 0.6 is 0 Å². The smallest absolute Gasteiger partial charge is 0.418 e. The third-order valence-electron chi connectivity index (χ3n) is 4.00. The van der Waals surface area contributed by atoms with Crippen molar-refractivity contribution in [2.45, 2.75) is 26.8 Å². The summed E-state index contributed by atoms with van der Waals surface area (Å²) in [6.07, 6.45) is 1.13. The minimum absolute atomic E-state index is 1.05. The van der Waals surface area contributed by atoms with Crippen LogP contribution in [0.5, 0.6) is 0 Å². The molecule has 3 aromatic rings. The highest BCUT2D eigenvalue weighted by Gasteiger charge is 2.20. The van der Waals surface area contributed by atoms with Gasteiger partial charge in [-0.1, -0.05) is 55.5 Å². The van der Waals surface area contributed by atoms with Crippen molar-refractivity contribution in [2.24, 2.45) is 0 Å². The molecule has 0 amide bonds. The number of hydrogen-bond donors (Lipinski definition) is 0. The molecule has 0 bridgehead atoms. The quantitative estimate of drug-likeness (QED) is 0.285. The number of rotatable bonds is 4. The molecule has 0 spiro atoms. The van der Waals surface area contributed by atoms with Crippen molar-refractivity contribution in [1.82, 2.24) is 0 Å². The van der Waals surface area contributed by atoms with Crippen molar-refractivity contribution in [1.29, 1.82) is 0 Å². The molecular weight excluding hydrogens is 353 g/mol. The average molecular weight is 375 g/mol. The van der Waals surface area contributed by atoms with Crippen LogP contribution in [0.15, 0.2) is 72.8 Å². The van der Waals surface area contributed by atoms with E-state index >= 15 is 0 Å². The lowest BCUT2D eigenvalue weighted by atomic mass is 10.0. The lowest BCUT2D eigenvalue weighted by Gasteiger charge is -2.10. The number of aryl methyl sites for hydroxylation is 1. The fraction of sp³-hybridized carbons (Fsp3) is 0.190. The summed E-state index contributed by atoms with van der Waals surface area (Å²) >= 11 is 0. The van der Waals surface area contributed by atoms with E-state index in [2.05, 4.69) is 91.2 Å². The summed E-state index contributed by atoms with van der Waals surface area (Å²) in [5.74, 6) is 0. The van der Waals surface area contributed by atoms with Gasteiger partial charge in [0.25, 0.3) is 0 Å². The van der Waals surface area contributed by atoms with Crippen molar-refractivity contribution >= 4 is 7.25 Å². The molecule has 6 heteroatoms. The van der Waals surface area contributed by atoms with Crippen LogP contribution in [0.3, 0.4) is 0 Å². The summed E-state index contributed by atoms with van der Waals surface area (Å²) < 4.78 is 41.4. The Hall–Kier alpha value is -2.63. The maximum Gasteiger partial charge on any atom is 0.673 e.